The van der Waals surface area contributed by atoms with Crippen molar-refractivity contribution in [2.45, 2.75) is 0 Å². The fraction of sp³-hybridized carbons (Fsp3) is 0.0769. The minimum Gasteiger partial charge on any atom is -0.505 e. The molecule has 0 fully saturated rings. The van der Waals surface area contributed by atoms with Crippen molar-refractivity contribution in [1.82, 2.24) is 5.32 Å². The molecule has 19 heavy (non-hydrogen) atoms. The van der Waals surface area contributed by atoms with E-state index in [1.165, 1.54) is 6.08 Å². The number of nitrogens with one attached hydrogen (secondary N) is 1. The molecule has 1 heterocycles. The Morgan fingerprint density at radius 2 is 2.00 bits per heavy atom. The van der Waals surface area contributed by atoms with E-state index in [1.54, 1.807) is 24.3 Å². The van der Waals surface area contributed by atoms with Gasteiger partial charge in [-0.1, -0.05) is 23.7 Å². The largest absolute Gasteiger partial charge is 0.505 e. The first-order chi connectivity index (χ1) is 9.02. The highest BCUT2D eigenvalue weighted by Crippen LogP contribution is 2.22. The molecule has 6 heteroatoms. The molecule has 5 nitrogen and oxygen atoms in total. The van der Waals surface area contributed by atoms with Gasteiger partial charge in [0.2, 0.25) is 0 Å². The van der Waals surface area contributed by atoms with Gasteiger partial charge in [-0.05, 0) is 23.8 Å². The Kier molecular flexibility index (Phi) is 3.57. The number of carbonyl (C=O) groups excluding carboxylic acids is 2. The number of aliphatic hydroxyl groups is 1. The van der Waals surface area contributed by atoms with E-state index in [-0.39, 0.29) is 5.70 Å². The molecule has 0 aromatic heterocycles. The van der Waals surface area contributed by atoms with Gasteiger partial charge in [0.25, 0.3) is 5.91 Å². The van der Waals surface area contributed by atoms with Crippen LogP contribution >= 0.6 is 11.6 Å². The second kappa shape index (κ2) is 5.16. The van der Waals surface area contributed by atoms with E-state index in [0.29, 0.717) is 5.02 Å². The zero-order chi connectivity index (χ0) is 14.0. The summed E-state index contributed by atoms with van der Waals surface area (Å²) >= 11 is 5.75. The maximum absolute atomic E-state index is 11.5. The number of esters is 1. The second-order valence-electron chi connectivity index (χ2n) is 3.78. The highest BCUT2D eigenvalue weighted by Gasteiger charge is 2.33. The Balaban J connectivity index is 2.37. The number of carbonyl (C=O) groups is 2. The van der Waals surface area contributed by atoms with Crippen molar-refractivity contribution < 1.29 is 19.4 Å². The van der Waals surface area contributed by atoms with Gasteiger partial charge in [-0.3, -0.25) is 4.79 Å². The summed E-state index contributed by atoms with van der Waals surface area (Å²) in [6, 6.07) is 6.77. The van der Waals surface area contributed by atoms with Crippen LogP contribution in [0.1, 0.15) is 5.56 Å². The maximum atomic E-state index is 11.5. The van der Waals surface area contributed by atoms with Crippen molar-refractivity contribution in [3.8, 4) is 0 Å². The van der Waals surface area contributed by atoms with Crippen LogP contribution in [0.4, 0.5) is 0 Å². The number of amides is 1. The molecule has 1 amide bonds. The summed E-state index contributed by atoms with van der Waals surface area (Å²) in [6.45, 7) is 0. The first-order valence-corrected chi connectivity index (χ1v) is 5.71. The summed E-state index contributed by atoms with van der Waals surface area (Å²) in [6.07, 6.45) is 1.53. The number of ether oxygens (including phenoxy) is 1. The average Bonchev–Trinajstić information content (AvgIpc) is 2.66. The lowest BCUT2D eigenvalue weighted by Crippen LogP contribution is -2.20. The molecular weight excluding hydrogens is 270 g/mol. The minimum absolute atomic E-state index is 0.146. The number of hydrogen-bond donors (Lipinski definition) is 2. The van der Waals surface area contributed by atoms with E-state index in [1.807, 2.05) is 0 Å². The topological polar surface area (TPSA) is 75.6 Å². The van der Waals surface area contributed by atoms with Gasteiger partial charge in [0, 0.05) is 5.02 Å². The summed E-state index contributed by atoms with van der Waals surface area (Å²) in [5, 5.41) is 12.8. The molecule has 0 saturated carbocycles. The van der Waals surface area contributed by atoms with Crippen LogP contribution in [-0.2, 0) is 14.3 Å². The molecule has 0 bridgehead atoms. The molecular formula is C13H10ClNO4. The summed E-state index contributed by atoms with van der Waals surface area (Å²) < 4.78 is 4.43. The van der Waals surface area contributed by atoms with Gasteiger partial charge in [0.05, 0.1) is 12.8 Å². The van der Waals surface area contributed by atoms with Crippen molar-refractivity contribution in [3.05, 3.63) is 51.9 Å². The molecule has 0 saturated heterocycles. The third-order valence-electron chi connectivity index (χ3n) is 2.54. The SMILES string of the molecule is COC(=O)C1=C(O)/C(=C\c2ccc(Cl)cc2)NC1=O. The molecule has 0 aliphatic carbocycles. The molecule has 2 N–H and O–H groups in total. The van der Waals surface area contributed by atoms with Crippen LogP contribution in [0, 0.1) is 0 Å². The standard InChI is InChI=1S/C13H10ClNO4/c1-19-13(18)10-11(16)9(15-12(10)17)6-7-2-4-8(14)5-3-7/h2-6,16H,1H3,(H,15,17)/b9-6+. The summed E-state index contributed by atoms with van der Waals surface area (Å²) in [5.41, 5.74) is 0.466. The number of benzene rings is 1. The van der Waals surface area contributed by atoms with Crippen molar-refractivity contribution in [1.29, 1.82) is 0 Å². The molecule has 1 aliphatic heterocycles. The molecule has 1 aromatic rings. The number of methoxy groups -OCH3 is 1. The van der Waals surface area contributed by atoms with Crippen LogP contribution in [0.15, 0.2) is 41.3 Å². The van der Waals surface area contributed by atoms with Gasteiger partial charge in [0.1, 0.15) is 0 Å². The first kappa shape index (κ1) is 13.2. The lowest BCUT2D eigenvalue weighted by atomic mass is 10.1. The van der Waals surface area contributed by atoms with E-state index < -0.39 is 23.2 Å². The quantitative estimate of drug-likeness (QED) is 0.639. The molecule has 0 radical (unpaired) electrons. The van der Waals surface area contributed by atoms with Crippen molar-refractivity contribution in [2.24, 2.45) is 0 Å². The Morgan fingerprint density at radius 1 is 1.37 bits per heavy atom. The molecule has 2 rings (SSSR count). The summed E-state index contributed by atoms with van der Waals surface area (Å²) in [4.78, 5) is 22.9. The Morgan fingerprint density at radius 3 is 2.58 bits per heavy atom. The molecule has 98 valence electrons. The van der Waals surface area contributed by atoms with Gasteiger partial charge in [-0.15, -0.1) is 0 Å². The van der Waals surface area contributed by atoms with Crippen LogP contribution in [0.3, 0.4) is 0 Å². The highest BCUT2D eigenvalue weighted by atomic mass is 35.5. The van der Waals surface area contributed by atoms with Gasteiger partial charge in [-0.25, -0.2) is 4.79 Å². The Bertz CT molecular complexity index is 602. The fourth-order valence-electron chi connectivity index (χ4n) is 1.61. The zero-order valence-electron chi connectivity index (χ0n) is 9.94. The highest BCUT2D eigenvalue weighted by molar-refractivity contribution is 6.30. The third-order valence-corrected chi connectivity index (χ3v) is 2.79. The van der Waals surface area contributed by atoms with Crippen LogP contribution in [0.2, 0.25) is 5.02 Å². The minimum atomic E-state index is -0.880. The van der Waals surface area contributed by atoms with Crippen molar-refractivity contribution in [3.63, 3.8) is 0 Å². The van der Waals surface area contributed by atoms with E-state index in [4.69, 9.17) is 11.6 Å². The van der Waals surface area contributed by atoms with E-state index in [9.17, 15) is 14.7 Å². The van der Waals surface area contributed by atoms with Crippen LogP contribution in [0.5, 0.6) is 0 Å². The Labute approximate surface area is 114 Å². The normalized spacial score (nSPS) is 16.7. The third kappa shape index (κ3) is 2.61. The second-order valence-corrected chi connectivity index (χ2v) is 4.22. The predicted molar refractivity (Wildman–Crippen MR) is 69.2 cm³/mol. The van der Waals surface area contributed by atoms with Gasteiger partial charge < -0.3 is 15.2 Å². The van der Waals surface area contributed by atoms with Crippen molar-refractivity contribution >= 4 is 29.6 Å². The van der Waals surface area contributed by atoms with E-state index in [0.717, 1.165) is 12.7 Å². The van der Waals surface area contributed by atoms with Gasteiger partial charge in [0.15, 0.2) is 11.3 Å². The molecule has 0 spiro atoms. The van der Waals surface area contributed by atoms with Crippen LogP contribution in [-0.4, -0.2) is 24.1 Å². The maximum Gasteiger partial charge on any atom is 0.347 e. The summed E-state index contributed by atoms with van der Waals surface area (Å²) in [7, 11) is 1.14. The Hall–Kier alpha value is -2.27. The smallest absolute Gasteiger partial charge is 0.347 e. The fourth-order valence-corrected chi connectivity index (χ4v) is 1.73. The molecule has 1 aliphatic rings. The molecule has 0 atom stereocenters. The average molecular weight is 280 g/mol. The van der Waals surface area contributed by atoms with Crippen molar-refractivity contribution in [2.75, 3.05) is 7.11 Å². The number of hydrogen-bond acceptors (Lipinski definition) is 4. The predicted octanol–water partition coefficient (Wildman–Crippen LogP) is 1.80. The number of aliphatic hydroxyl groups excluding tert-OH is 1. The van der Waals surface area contributed by atoms with Gasteiger partial charge in [-0.2, -0.15) is 0 Å². The zero-order valence-corrected chi connectivity index (χ0v) is 10.7. The molecule has 1 aromatic carbocycles. The first-order valence-electron chi connectivity index (χ1n) is 5.33. The monoisotopic (exact) mass is 279 g/mol. The number of rotatable bonds is 2. The van der Waals surface area contributed by atoms with E-state index in [2.05, 4.69) is 10.1 Å². The lowest BCUT2D eigenvalue weighted by molar-refractivity contribution is -0.137. The molecule has 0 unspecified atom stereocenters. The van der Waals surface area contributed by atoms with Crippen LogP contribution < -0.4 is 5.32 Å². The van der Waals surface area contributed by atoms with Crippen LogP contribution in [0.25, 0.3) is 6.08 Å². The number of halogens is 1. The van der Waals surface area contributed by atoms with E-state index >= 15 is 0 Å². The summed E-state index contributed by atoms with van der Waals surface area (Å²) in [5.74, 6) is -1.99. The lowest BCUT2D eigenvalue weighted by Gasteiger charge is -1.99. The van der Waals surface area contributed by atoms with Gasteiger partial charge >= 0.3 is 5.97 Å².